The molecule has 0 bridgehead atoms. The predicted octanol–water partition coefficient (Wildman–Crippen LogP) is 14.8. The summed E-state index contributed by atoms with van der Waals surface area (Å²) in [6, 6.07) is 71.5. The van der Waals surface area contributed by atoms with Gasteiger partial charge < -0.3 is 4.90 Å². The maximum Gasteiger partial charge on any atom is 0.238 e. The summed E-state index contributed by atoms with van der Waals surface area (Å²) in [7, 11) is 0. The molecule has 11 rings (SSSR count). The van der Waals surface area contributed by atoms with Gasteiger partial charge in [-0.1, -0.05) is 185 Å². The largest absolute Gasteiger partial charge is 0.310 e. The van der Waals surface area contributed by atoms with Crippen molar-refractivity contribution >= 4 is 34.4 Å². The molecule has 0 amide bonds. The van der Waals surface area contributed by atoms with E-state index in [1.807, 2.05) is 36.4 Å². The summed E-state index contributed by atoms with van der Waals surface area (Å²) in [5.74, 6) is 1.84. The van der Waals surface area contributed by atoms with Crippen molar-refractivity contribution in [3.05, 3.63) is 222 Å². The van der Waals surface area contributed by atoms with Crippen molar-refractivity contribution in [2.45, 2.75) is 38.5 Å². The van der Waals surface area contributed by atoms with Crippen LogP contribution >= 0.6 is 0 Å². The van der Waals surface area contributed by atoms with E-state index in [1.165, 1.54) is 50.2 Å². The molecule has 0 N–H and O–H groups in total. The first kappa shape index (κ1) is 37.4. The maximum absolute atomic E-state index is 5.32. The third-order valence-electron chi connectivity index (χ3n) is 12.9. The average molecular weight is 800 g/mol. The van der Waals surface area contributed by atoms with Gasteiger partial charge in [-0.15, -0.1) is 0 Å². The summed E-state index contributed by atoms with van der Waals surface area (Å²) in [5.41, 5.74) is 16.3. The zero-order valence-electron chi connectivity index (χ0n) is 35.3. The van der Waals surface area contributed by atoms with E-state index >= 15 is 0 Å². The van der Waals surface area contributed by atoms with E-state index in [9.17, 15) is 0 Å². The first-order valence-corrected chi connectivity index (χ1v) is 21.4. The topological polar surface area (TPSA) is 45.2 Å². The summed E-state index contributed by atoms with van der Waals surface area (Å²) in [6.45, 7) is 9.42. The van der Waals surface area contributed by atoms with E-state index in [2.05, 4.69) is 201 Å². The smallest absolute Gasteiger partial charge is 0.238 e. The Kier molecular flexibility index (Phi) is 8.76. The summed E-state index contributed by atoms with van der Waals surface area (Å²) in [6.07, 6.45) is 0. The molecule has 0 unspecified atom stereocenters. The summed E-state index contributed by atoms with van der Waals surface area (Å²) >= 11 is 0. The number of para-hydroxylation sites is 2. The van der Waals surface area contributed by atoms with Gasteiger partial charge in [0.15, 0.2) is 11.6 Å². The maximum atomic E-state index is 5.32. The SMILES string of the molecule is CC1(C)c2ccccc2N(c2cc(-c3ccccc3)cc(-c3ccccc3)c2)c2cc3c(cc21)N(c1nc(-c2ccccc2)nc(-c2ccccc2)n1)c1ccccc1C3(C)C. The van der Waals surface area contributed by atoms with Crippen molar-refractivity contribution in [3.63, 3.8) is 0 Å². The molecule has 5 heteroatoms. The molecule has 1 aromatic heterocycles. The van der Waals surface area contributed by atoms with Gasteiger partial charge in [0.05, 0.1) is 22.7 Å². The second-order valence-electron chi connectivity index (χ2n) is 17.4. The van der Waals surface area contributed by atoms with Crippen LogP contribution in [0, 0.1) is 0 Å². The number of aromatic nitrogens is 3. The molecule has 0 aliphatic carbocycles. The summed E-state index contributed by atoms with van der Waals surface area (Å²) in [4.78, 5) is 20.5. The van der Waals surface area contributed by atoms with Crippen LogP contribution in [0.15, 0.2) is 200 Å². The Bertz CT molecular complexity index is 2790. The Morgan fingerprint density at radius 2 is 0.677 bits per heavy atom. The molecule has 0 atom stereocenters. The molecular formula is C57H45N5. The van der Waals surface area contributed by atoms with E-state index in [0.29, 0.717) is 17.6 Å². The molecule has 298 valence electrons. The van der Waals surface area contributed by atoms with Gasteiger partial charge in [0.2, 0.25) is 5.95 Å². The predicted molar refractivity (Wildman–Crippen MR) is 255 cm³/mol. The minimum Gasteiger partial charge on any atom is -0.310 e. The van der Waals surface area contributed by atoms with Crippen molar-refractivity contribution < 1.29 is 0 Å². The fourth-order valence-corrected chi connectivity index (χ4v) is 9.62. The molecular weight excluding hydrogens is 755 g/mol. The molecule has 62 heavy (non-hydrogen) atoms. The number of hydrogen-bond acceptors (Lipinski definition) is 5. The fourth-order valence-electron chi connectivity index (χ4n) is 9.62. The number of anilines is 6. The normalized spacial score (nSPS) is 14.3. The summed E-state index contributed by atoms with van der Waals surface area (Å²) in [5, 5.41) is 0. The molecule has 0 saturated carbocycles. The number of rotatable bonds is 6. The highest BCUT2D eigenvalue weighted by Crippen LogP contribution is 2.58. The highest BCUT2D eigenvalue weighted by molar-refractivity contribution is 5.94. The van der Waals surface area contributed by atoms with Gasteiger partial charge in [0.1, 0.15) is 0 Å². The Labute approximate surface area is 363 Å². The Morgan fingerprint density at radius 3 is 1.13 bits per heavy atom. The van der Waals surface area contributed by atoms with Crippen LogP contribution in [0.25, 0.3) is 45.0 Å². The standard InChI is InChI=1S/C57H45N5/c1-56(2)45-29-17-19-31-49(45)61(44-34-42(38-21-9-5-10-22-38)33-43(35-44)39-23-11-6-12-24-39)51-36-48-52(37-47(51)56)62(50-32-20-18-30-46(50)57(48,3)4)55-59-53(40-25-13-7-14-26-40)58-54(60-55)41-27-15-8-16-28-41/h5-37H,1-4H3. The minimum absolute atomic E-state index is 0.354. The first-order valence-electron chi connectivity index (χ1n) is 21.4. The third-order valence-corrected chi connectivity index (χ3v) is 12.9. The highest BCUT2D eigenvalue weighted by Gasteiger charge is 2.43. The van der Waals surface area contributed by atoms with Gasteiger partial charge in [-0.2, -0.15) is 9.97 Å². The van der Waals surface area contributed by atoms with Crippen LogP contribution in [0.2, 0.25) is 0 Å². The zero-order chi connectivity index (χ0) is 42.0. The molecule has 9 aromatic rings. The van der Waals surface area contributed by atoms with Gasteiger partial charge >= 0.3 is 0 Å². The van der Waals surface area contributed by atoms with Crippen LogP contribution in [0.5, 0.6) is 0 Å². The molecule has 2 aliphatic heterocycles. The van der Waals surface area contributed by atoms with Gasteiger partial charge in [-0.25, -0.2) is 4.98 Å². The van der Waals surface area contributed by atoms with E-state index < -0.39 is 0 Å². The van der Waals surface area contributed by atoms with E-state index in [-0.39, 0.29) is 10.8 Å². The second-order valence-corrected chi connectivity index (χ2v) is 17.4. The lowest BCUT2D eigenvalue weighted by atomic mass is 9.69. The quantitative estimate of drug-likeness (QED) is 0.168. The van der Waals surface area contributed by atoms with Crippen molar-refractivity contribution in [1.82, 2.24) is 15.0 Å². The molecule has 0 saturated heterocycles. The summed E-state index contributed by atoms with van der Waals surface area (Å²) < 4.78 is 0. The van der Waals surface area contributed by atoms with Crippen LogP contribution in [0.3, 0.4) is 0 Å². The van der Waals surface area contributed by atoms with E-state index in [4.69, 9.17) is 15.0 Å². The Hall–Kier alpha value is -7.63. The van der Waals surface area contributed by atoms with Crippen LogP contribution in [0.1, 0.15) is 49.9 Å². The van der Waals surface area contributed by atoms with Crippen molar-refractivity contribution in [3.8, 4) is 45.0 Å². The molecule has 0 radical (unpaired) electrons. The number of fused-ring (bicyclic) bond motifs is 4. The molecule has 2 aliphatic rings. The molecule has 3 heterocycles. The van der Waals surface area contributed by atoms with Crippen LogP contribution in [-0.4, -0.2) is 15.0 Å². The Balaban J connectivity index is 1.19. The highest BCUT2D eigenvalue weighted by atomic mass is 15.3. The minimum atomic E-state index is -0.372. The van der Waals surface area contributed by atoms with Crippen molar-refractivity contribution in [2.24, 2.45) is 0 Å². The van der Waals surface area contributed by atoms with Gasteiger partial charge in [-0.05, 0) is 87.0 Å². The number of hydrogen-bond donors (Lipinski definition) is 0. The number of nitrogens with zero attached hydrogens (tertiary/aromatic N) is 5. The van der Waals surface area contributed by atoms with Crippen LogP contribution < -0.4 is 9.80 Å². The third kappa shape index (κ3) is 6.11. The molecule has 0 fully saturated rings. The van der Waals surface area contributed by atoms with Gasteiger partial charge in [0.25, 0.3) is 0 Å². The van der Waals surface area contributed by atoms with Crippen molar-refractivity contribution in [2.75, 3.05) is 9.80 Å². The van der Waals surface area contributed by atoms with E-state index in [0.717, 1.165) is 33.9 Å². The van der Waals surface area contributed by atoms with Gasteiger partial charge in [0, 0.05) is 27.6 Å². The second kappa shape index (κ2) is 14.5. The van der Waals surface area contributed by atoms with Crippen LogP contribution in [-0.2, 0) is 10.8 Å². The monoisotopic (exact) mass is 799 g/mol. The first-order chi connectivity index (χ1) is 30.3. The molecule has 5 nitrogen and oxygen atoms in total. The Morgan fingerprint density at radius 1 is 0.306 bits per heavy atom. The number of benzene rings is 8. The zero-order valence-corrected chi connectivity index (χ0v) is 35.3. The van der Waals surface area contributed by atoms with Gasteiger partial charge in [-0.3, -0.25) is 4.90 Å². The van der Waals surface area contributed by atoms with E-state index in [1.54, 1.807) is 0 Å². The molecule has 8 aromatic carbocycles. The average Bonchev–Trinajstić information content (AvgIpc) is 3.32. The lowest BCUT2D eigenvalue weighted by Gasteiger charge is -2.46. The molecule has 0 spiro atoms. The van der Waals surface area contributed by atoms with Crippen LogP contribution in [0.4, 0.5) is 34.4 Å². The van der Waals surface area contributed by atoms with Crippen molar-refractivity contribution in [1.29, 1.82) is 0 Å². The lowest BCUT2D eigenvalue weighted by Crippen LogP contribution is -2.35. The lowest BCUT2D eigenvalue weighted by molar-refractivity contribution is 0.614. The fraction of sp³-hybridized carbons (Fsp3) is 0.105.